The molecule has 0 unspecified atom stereocenters. The first kappa shape index (κ1) is 19.1. The fourth-order valence-corrected chi connectivity index (χ4v) is 2.87. The minimum Gasteiger partial charge on any atom is -0.488 e. The summed E-state index contributed by atoms with van der Waals surface area (Å²) in [4.78, 5) is 24.4. The zero-order chi connectivity index (χ0) is 20.2. The highest BCUT2D eigenvalue weighted by molar-refractivity contribution is 5.99. The molecular formula is C20H24N6O3. The fraction of sp³-hybridized carbons (Fsp3) is 0.400. The molecule has 152 valence electrons. The van der Waals surface area contributed by atoms with Gasteiger partial charge in [-0.05, 0) is 31.9 Å². The number of nitrogens with zero attached hydrogens (tertiary/aromatic N) is 2. The Morgan fingerprint density at radius 2 is 2.03 bits per heavy atom. The molecule has 2 amide bonds. The molecule has 29 heavy (non-hydrogen) atoms. The SMILES string of the molecule is CCNC(=O)c1nnc(NC(=O)C2CC2)cc1Nc1cccc(OC2CNC2)c1. The van der Waals surface area contributed by atoms with Crippen LogP contribution >= 0.6 is 0 Å². The van der Waals surface area contributed by atoms with Crippen molar-refractivity contribution in [2.24, 2.45) is 5.92 Å². The Morgan fingerprint density at radius 3 is 2.72 bits per heavy atom. The molecule has 0 spiro atoms. The van der Waals surface area contributed by atoms with Gasteiger partial charge in [0.15, 0.2) is 11.5 Å². The Morgan fingerprint density at radius 1 is 1.21 bits per heavy atom. The van der Waals surface area contributed by atoms with Crippen molar-refractivity contribution in [1.29, 1.82) is 0 Å². The van der Waals surface area contributed by atoms with Crippen molar-refractivity contribution in [2.45, 2.75) is 25.9 Å². The van der Waals surface area contributed by atoms with E-state index in [2.05, 4.69) is 31.5 Å². The lowest BCUT2D eigenvalue weighted by atomic mass is 10.2. The van der Waals surface area contributed by atoms with Gasteiger partial charge in [0.25, 0.3) is 5.91 Å². The molecule has 1 aromatic carbocycles. The molecule has 1 aliphatic carbocycles. The zero-order valence-electron chi connectivity index (χ0n) is 16.2. The van der Waals surface area contributed by atoms with Gasteiger partial charge < -0.3 is 26.0 Å². The number of ether oxygens (including phenoxy) is 1. The third kappa shape index (κ3) is 4.80. The minimum atomic E-state index is -0.337. The fourth-order valence-electron chi connectivity index (χ4n) is 2.87. The Hall–Kier alpha value is -3.20. The Kier molecular flexibility index (Phi) is 5.57. The van der Waals surface area contributed by atoms with Gasteiger partial charge >= 0.3 is 0 Å². The molecule has 9 nitrogen and oxygen atoms in total. The normalized spacial score (nSPS) is 15.9. The Bertz CT molecular complexity index is 911. The van der Waals surface area contributed by atoms with Crippen molar-refractivity contribution >= 4 is 29.0 Å². The van der Waals surface area contributed by atoms with Crippen LogP contribution in [0.3, 0.4) is 0 Å². The summed E-state index contributed by atoms with van der Waals surface area (Å²) >= 11 is 0. The number of carbonyl (C=O) groups excluding carboxylic acids is 2. The number of amides is 2. The standard InChI is InChI=1S/C20H24N6O3/c1-2-22-20(28)18-16(9-17(25-26-18)24-19(27)12-6-7-12)23-13-4-3-5-14(8-13)29-15-10-21-11-15/h3-5,8-9,12,15,21H,2,6-7,10-11H2,1H3,(H,22,28)(H2,23,24,25,27). The third-order valence-electron chi connectivity index (χ3n) is 4.71. The molecule has 2 aliphatic rings. The van der Waals surface area contributed by atoms with Gasteiger partial charge in [-0.1, -0.05) is 6.07 Å². The van der Waals surface area contributed by atoms with E-state index in [1.807, 2.05) is 31.2 Å². The monoisotopic (exact) mass is 396 g/mol. The Balaban J connectivity index is 1.56. The van der Waals surface area contributed by atoms with Crippen LogP contribution < -0.4 is 26.0 Å². The van der Waals surface area contributed by atoms with Gasteiger partial charge in [-0.3, -0.25) is 9.59 Å². The second-order valence-corrected chi connectivity index (χ2v) is 7.17. The molecule has 1 aliphatic heterocycles. The van der Waals surface area contributed by atoms with Gasteiger partial charge in [0, 0.05) is 43.4 Å². The highest BCUT2D eigenvalue weighted by atomic mass is 16.5. The first-order valence-corrected chi connectivity index (χ1v) is 9.83. The average molecular weight is 396 g/mol. The maximum Gasteiger partial charge on any atom is 0.273 e. The van der Waals surface area contributed by atoms with Gasteiger partial charge in [-0.25, -0.2) is 0 Å². The quantitative estimate of drug-likeness (QED) is 0.536. The van der Waals surface area contributed by atoms with E-state index >= 15 is 0 Å². The molecule has 1 saturated carbocycles. The van der Waals surface area contributed by atoms with Crippen molar-refractivity contribution in [1.82, 2.24) is 20.8 Å². The summed E-state index contributed by atoms with van der Waals surface area (Å²) in [6.07, 6.45) is 1.96. The van der Waals surface area contributed by atoms with E-state index in [4.69, 9.17) is 4.74 Å². The van der Waals surface area contributed by atoms with Gasteiger partial charge in [0.1, 0.15) is 11.9 Å². The Labute approximate surface area is 168 Å². The number of rotatable bonds is 8. The topological polar surface area (TPSA) is 117 Å². The molecule has 0 radical (unpaired) electrons. The van der Waals surface area contributed by atoms with E-state index in [0.29, 0.717) is 18.1 Å². The summed E-state index contributed by atoms with van der Waals surface area (Å²) in [6, 6.07) is 9.13. The number of anilines is 3. The van der Waals surface area contributed by atoms with Crippen LogP contribution in [-0.2, 0) is 4.79 Å². The van der Waals surface area contributed by atoms with Gasteiger partial charge in [-0.15, -0.1) is 10.2 Å². The molecule has 0 atom stereocenters. The summed E-state index contributed by atoms with van der Waals surface area (Å²) in [5.74, 6) is 0.692. The summed E-state index contributed by atoms with van der Waals surface area (Å²) in [5.41, 5.74) is 1.36. The highest BCUT2D eigenvalue weighted by Crippen LogP contribution is 2.31. The lowest BCUT2D eigenvalue weighted by Gasteiger charge is -2.28. The van der Waals surface area contributed by atoms with Crippen LogP contribution in [0.15, 0.2) is 30.3 Å². The van der Waals surface area contributed by atoms with E-state index in [1.54, 1.807) is 6.07 Å². The number of aromatic nitrogens is 2. The van der Waals surface area contributed by atoms with Crippen LogP contribution in [-0.4, -0.2) is 47.7 Å². The molecule has 1 saturated heterocycles. The largest absolute Gasteiger partial charge is 0.488 e. The maximum absolute atomic E-state index is 12.4. The molecule has 1 aromatic heterocycles. The van der Waals surface area contributed by atoms with Crippen LogP contribution in [0.2, 0.25) is 0 Å². The van der Waals surface area contributed by atoms with E-state index < -0.39 is 0 Å². The highest BCUT2D eigenvalue weighted by Gasteiger charge is 2.30. The maximum atomic E-state index is 12.4. The lowest BCUT2D eigenvalue weighted by Crippen LogP contribution is -2.50. The average Bonchev–Trinajstić information content (AvgIpc) is 3.51. The van der Waals surface area contributed by atoms with Crippen LogP contribution in [0.1, 0.15) is 30.3 Å². The molecule has 0 bridgehead atoms. The molecule has 4 rings (SSSR count). The zero-order valence-corrected chi connectivity index (χ0v) is 16.2. The molecule has 2 heterocycles. The molecule has 2 aromatic rings. The van der Waals surface area contributed by atoms with Crippen LogP contribution in [0.5, 0.6) is 5.75 Å². The van der Waals surface area contributed by atoms with Crippen molar-refractivity contribution in [3.8, 4) is 5.75 Å². The first-order valence-electron chi connectivity index (χ1n) is 9.83. The van der Waals surface area contributed by atoms with E-state index in [0.717, 1.165) is 37.4 Å². The number of nitrogens with one attached hydrogen (secondary N) is 4. The first-order chi connectivity index (χ1) is 14.1. The third-order valence-corrected chi connectivity index (χ3v) is 4.71. The van der Waals surface area contributed by atoms with Gasteiger partial charge in [-0.2, -0.15) is 0 Å². The van der Waals surface area contributed by atoms with Gasteiger partial charge in [0.2, 0.25) is 5.91 Å². The minimum absolute atomic E-state index is 0.0473. The second kappa shape index (κ2) is 8.44. The predicted molar refractivity (Wildman–Crippen MR) is 108 cm³/mol. The molecule has 4 N–H and O–H groups in total. The number of benzene rings is 1. The summed E-state index contributed by atoms with van der Waals surface area (Å²) in [5, 5.41) is 19.9. The number of carbonyl (C=O) groups is 2. The van der Waals surface area contributed by atoms with Crippen molar-refractivity contribution in [3.05, 3.63) is 36.0 Å². The van der Waals surface area contributed by atoms with Crippen molar-refractivity contribution < 1.29 is 14.3 Å². The molecule has 2 fully saturated rings. The summed E-state index contributed by atoms with van der Waals surface area (Å²) < 4.78 is 5.89. The van der Waals surface area contributed by atoms with E-state index in [1.165, 1.54) is 0 Å². The van der Waals surface area contributed by atoms with Crippen molar-refractivity contribution in [3.63, 3.8) is 0 Å². The molecule has 9 heteroatoms. The van der Waals surface area contributed by atoms with E-state index in [-0.39, 0.29) is 29.5 Å². The second-order valence-electron chi connectivity index (χ2n) is 7.17. The van der Waals surface area contributed by atoms with Crippen LogP contribution in [0.25, 0.3) is 0 Å². The summed E-state index contributed by atoms with van der Waals surface area (Å²) in [7, 11) is 0. The smallest absolute Gasteiger partial charge is 0.273 e. The lowest BCUT2D eigenvalue weighted by molar-refractivity contribution is -0.117. The number of hydrogen-bond acceptors (Lipinski definition) is 7. The number of hydrogen-bond donors (Lipinski definition) is 4. The van der Waals surface area contributed by atoms with Crippen LogP contribution in [0.4, 0.5) is 17.2 Å². The molecular weight excluding hydrogens is 372 g/mol. The van der Waals surface area contributed by atoms with Crippen LogP contribution in [0, 0.1) is 5.92 Å². The van der Waals surface area contributed by atoms with Crippen molar-refractivity contribution in [2.75, 3.05) is 30.3 Å². The summed E-state index contributed by atoms with van der Waals surface area (Å²) in [6.45, 7) is 3.96. The van der Waals surface area contributed by atoms with E-state index in [9.17, 15) is 9.59 Å². The predicted octanol–water partition coefficient (Wildman–Crippen LogP) is 1.67. The van der Waals surface area contributed by atoms with Gasteiger partial charge in [0.05, 0.1) is 5.69 Å².